The van der Waals surface area contributed by atoms with Gasteiger partial charge in [0.1, 0.15) is 0 Å². The molecule has 4 rings (SSSR count). The number of nitrogens with zero attached hydrogens (tertiary/aromatic N) is 2. The Hall–Kier alpha value is -2.17. The highest BCUT2D eigenvalue weighted by molar-refractivity contribution is 7.20. The van der Waals surface area contributed by atoms with Gasteiger partial charge in [0.2, 0.25) is 0 Å². The summed E-state index contributed by atoms with van der Waals surface area (Å²) in [6.45, 7) is 2.56. The van der Waals surface area contributed by atoms with E-state index in [1.807, 2.05) is 41.3 Å². The lowest BCUT2D eigenvalue weighted by Gasteiger charge is -2.40. The van der Waals surface area contributed by atoms with Crippen LogP contribution in [0, 0.1) is 0 Å². The lowest BCUT2D eigenvalue weighted by molar-refractivity contribution is 0.0503. The summed E-state index contributed by atoms with van der Waals surface area (Å²) in [5, 5.41) is 1.15. The Kier molecular flexibility index (Phi) is 4.08. The van der Waals surface area contributed by atoms with E-state index in [1.165, 1.54) is 10.3 Å². The van der Waals surface area contributed by atoms with Crippen molar-refractivity contribution in [3.05, 3.63) is 71.1 Å². The molecule has 0 bridgehead atoms. The number of amides is 1. The lowest BCUT2D eigenvalue weighted by Crippen LogP contribution is -2.49. The van der Waals surface area contributed by atoms with Crippen molar-refractivity contribution in [1.82, 2.24) is 9.80 Å². The molecule has 4 heteroatoms. The molecule has 1 aliphatic heterocycles. The van der Waals surface area contributed by atoms with E-state index < -0.39 is 0 Å². The third kappa shape index (κ3) is 2.83. The van der Waals surface area contributed by atoms with Crippen molar-refractivity contribution in [3.63, 3.8) is 0 Å². The Morgan fingerprint density at radius 2 is 1.79 bits per heavy atom. The zero-order chi connectivity index (χ0) is 16.5. The van der Waals surface area contributed by atoms with Crippen LogP contribution in [0.15, 0.2) is 60.7 Å². The number of likely N-dealkylation sites (N-methyl/N-ethyl adjacent to an activating group) is 1. The third-order valence-electron chi connectivity index (χ3n) is 4.66. The average molecular weight is 336 g/mol. The van der Waals surface area contributed by atoms with Gasteiger partial charge < -0.3 is 9.80 Å². The van der Waals surface area contributed by atoms with Crippen LogP contribution < -0.4 is 0 Å². The van der Waals surface area contributed by atoms with E-state index in [2.05, 4.69) is 36.2 Å². The number of fused-ring (bicyclic) bond motifs is 1. The number of thiophene rings is 1. The Balaban J connectivity index is 1.68. The fraction of sp³-hybridized carbons (Fsp3) is 0.250. The molecule has 24 heavy (non-hydrogen) atoms. The van der Waals surface area contributed by atoms with Crippen molar-refractivity contribution >= 4 is 27.3 Å². The molecule has 0 saturated carbocycles. The Bertz CT molecular complexity index is 825. The molecule has 122 valence electrons. The molecule has 1 aromatic heterocycles. The van der Waals surface area contributed by atoms with E-state index >= 15 is 0 Å². The minimum Gasteiger partial charge on any atom is -0.328 e. The maximum atomic E-state index is 13.2. The second-order valence-electron chi connectivity index (χ2n) is 6.34. The Labute approximate surface area is 146 Å². The van der Waals surface area contributed by atoms with Gasteiger partial charge in [0.15, 0.2) is 0 Å². The van der Waals surface area contributed by atoms with Gasteiger partial charge in [0.05, 0.1) is 10.9 Å². The number of rotatable bonds is 2. The molecule has 1 saturated heterocycles. The highest BCUT2D eigenvalue weighted by Crippen LogP contribution is 2.31. The molecule has 1 fully saturated rings. The molecule has 0 radical (unpaired) electrons. The summed E-state index contributed by atoms with van der Waals surface area (Å²) in [4.78, 5) is 18.4. The fourth-order valence-electron chi connectivity index (χ4n) is 3.35. The predicted octanol–water partition coefficient (Wildman–Crippen LogP) is 4.03. The monoisotopic (exact) mass is 336 g/mol. The molecule has 2 heterocycles. The van der Waals surface area contributed by atoms with Crippen molar-refractivity contribution in [2.75, 3.05) is 26.7 Å². The van der Waals surface area contributed by atoms with Crippen molar-refractivity contribution in [3.8, 4) is 0 Å². The molecule has 0 unspecified atom stereocenters. The van der Waals surface area contributed by atoms with Crippen molar-refractivity contribution < 1.29 is 4.79 Å². The van der Waals surface area contributed by atoms with Gasteiger partial charge in [0, 0.05) is 24.3 Å². The fourth-order valence-corrected chi connectivity index (χ4v) is 4.37. The van der Waals surface area contributed by atoms with E-state index in [0.29, 0.717) is 0 Å². The molecule has 0 aliphatic carbocycles. The van der Waals surface area contributed by atoms with Crippen molar-refractivity contribution in [1.29, 1.82) is 0 Å². The van der Waals surface area contributed by atoms with E-state index in [4.69, 9.17) is 0 Å². The Morgan fingerprint density at radius 3 is 2.58 bits per heavy atom. The summed E-state index contributed by atoms with van der Waals surface area (Å²) >= 11 is 1.59. The van der Waals surface area contributed by atoms with E-state index in [1.54, 1.807) is 11.3 Å². The minimum atomic E-state index is 0.114. The summed E-state index contributed by atoms with van der Waals surface area (Å²) in [6, 6.07) is 20.7. The van der Waals surface area contributed by atoms with Crippen LogP contribution in [0.4, 0.5) is 0 Å². The highest BCUT2D eigenvalue weighted by Gasteiger charge is 2.31. The van der Waals surface area contributed by atoms with E-state index in [0.717, 1.165) is 29.9 Å². The molecular weight excluding hydrogens is 316 g/mol. The van der Waals surface area contributed by atoms with Crippen LogP contribution in [0.1, 0.15) is 21.3 Å². The van der Waals surface area contributed by atoms with Crippen LogP contribution in [0.25, 0.3) is 10.1 Å². The molecule has 0 N–H and O–H groups in total. The average Bonchev–Trinajstić information content (AvgIpc) is 3.06. The number of benzene rings is 2. The molecule has 1 aliphatic rings. The van der Waals surface area contributed by atoms with E-state index in [9.17, 15) is 4.79 Å². The maximum Gasteiger partial charge on any atom is 0.264 e. The quantitative estimate of drug-likeness (QED) is 0.705. The zero-order valence-electron chi connectivity index (χ0n) is 13.7. The van der Waals surface area contributed by atoms with Gasteiger partial charge in [-0.15, -0.1) is 11.3 Å². The summed E-state index contributed by atoms with van der Waals surface area (Å²) in [5.41, 5.74) is 1.21. The number of carbonyl (C=O) groups excluding carboxylic acids is 1. The predicted molar refractivity (Wildman–Crippen MR) is 99.5 cm³/mol. The number of hydrogen-bond acceptors (Lipinski definition) is 3. The van der Waals surface area contributed by atoms with Crippen LogP contribution in [-0.4, -0.2) is 42.4 Å². The van der Waals surface area contributed by atoms with Gasteiger partial charge in [0.25, 0.3) is 5.91 Å². The maximum absolute atomic E-state index is 13.2. The molecule has 0 spiro atoms. The van der Waals surface area contributed by atoms with Gasteiger partial charge in [-0.05, 0) is 30.1 Å². The lowest BCUT2D eigenvalue weighted by atomic mass is 10.0. The van der Waals surface area contributed by atoms with Gasteiger partial charge >= 0.3 is 0 Å². The summed E-state index contributed by atoms with van der Waals surface area (Å²) < 4.78 is 1.17. The van der Waals surface area contributed by atoms with E-state index in [-0.39, 0.29) is 11.9 Å². The Morgan fingerprint density at radius 1 is 1.04 bits per heavy atom. The van der Waals surface area contributed by atoms with Crippen LogP contribution >= 0.6 is 11.3 Å². The SMILES string of the molecule is CN1CCN(C(=O)c2cc3ccccc3s2)[C@H](c2ccccc2)C1. The topological polar surface area (TPSA) is 23.6 Å². The zero-order valence-corrected chi connectivity index (χ0v) is 14.5. The van der Waals surface area contributed by atoms with Gasteiger partial charge in [-0.1, -0.05) is 48.5 Å². The van der Waals surface area contributed by atoms with Crippen LogP contribution in [0.3, 0.4) is 0 Å². The molecule has 2 aromatic carbocycles. The molecule has 1 atom stereocenters. The normalized spacial score (nSPS) is 18.9. The molecule has 3 aromatic rings. The van der Waals surface area contributed by atoms with Gasteiger partial charge in [-0.25, -0.2) is 0 Å². The smallest absolute Gasteiger partial charge is 0.264 e. The largest absolute Gasteiger partial charge is 0.328 e. The molecule has 3 nitrogen and oxygen atoms in total. The van der Waals surface area contributed by atoms with Crippen LogP contribution in [-0.2, 0) is 0 Å². The minimum absolute atomic E-state index is 0.114. The van der Waals surface area contributed by atoms with Crippen molar-refractivity contribution in [2.24, 2.45) is 0 Å². The van der Waals surface area contributed by atoms with Crippen molar-refractivity contribution in [2.45, 2.75) is 6.04 Å². The number of carbonyl (C=O) groups is 1. The van der Waals surface area contributed by atoms with Crippen LogP contribution in [0.5, 0.6) is 0 Å². The highest BCUT2D eigenvalue weighted by atomic mass is 32.1. The first-order chi connectivity index (χ1) is 11.7. The van der Waals surface area contributed by atoms with Crippen LogP contribution in [0.2, 0.25) is 0 Å². The van der Waals surface area contributed by atoms with Gasteiger partial charge in [-0.2, -0.15) is 0 Å². The summed E-state index contributed by atoms with van der Waals surface area (Å²) in [6.07, 6.45) is 0. The second kappa shape index (κ2) is 6.38. The van der Waals surface area contributed by atoms with Gasteiger partial charge in [-0.3, -0.25) is 4.79 Å². The number of piperazine rings is 1. The summed E-state index contributed by atoms with van der Waals surface area (Å²) in [5.74, 6) is 0.151. The first kappa shape index (κ1) is 15.4. The second-order valence-corrected chi connectivity index (χ2v) is 7.42. The molecule has 1 amide bonds. The standard InChI is InChI=1S/C20H20N2OS/c1-21-11-12-22(17(14-21)15-7-3-2-4-8-15)20(23)19-13-16-9-5-6-10-18(16)24-19/h2-10,13,17H,11-12,14H2,1H3/t17-/m0/s1. The first-order valence-corrected chi connectivity index (χ1v) is 9.07. The molecular formula is C20H20N2OS. The number of hydrogen-bond donors (Lipinski definition) is 0. The first-order valence-electron chi connectivity index (χ1n) is 8.25. The summed E-state index contributed by atoms with van der Waals surface area (Å²) in [7, 11) is 2.12. The third-order valence-corrected chi connectivity index (χ3v) is 5.77.